The fraction of sp³-hybridized carbons (Fsp3) is 0.471. The molecule has 1 aromatic rings. The Balaban J connectivity index is -0.000000202. The van der Waals surface area contributed by atoms with E-state index in [1.54, 1.807) is 19.9 Å². The van der Waals surface area contributed by atoms with Crippen LogP contribution >= 0.6 is 0 Å². The van der Waals surface area contributed by atoms with Gasteiger partial charge in [-0.15, -0.1) is 23.7 Å². The summed E-state index contributed by atoms with van der Waals surface area (Å²) in [7, 11) is 0. The molecule has 0 aromatic heterocycles. The maximum atomic E-state index is 11.9. The Kier molecular flexibility index (Phi) is 27.0. The average Bonchev–Trinajstić information content (AvgIpc) is 2.81. The molecule has 1 rings (SSSR count). The maximum Gasteiger partial charge on any atom is 0.412 e. The number of hydrogen-bond donors (Lipinski definition) is 0. The van der Waals surface area contributed by atoms with E-state index >= 15 is 0 Å². The SMILES string of the molecule is CC#CC.CC#CC.CC(C)=C/C=C(\C)C(F)(F)F.CC(C)=C/C=C(\C)F.Cc1ccc(C(C)(C)C)cc1. The number of allylic oxidation sites excluding steroid dienone is 8. The molecule has 0 bridgehead atoms. The summed E-state index contributed by atoms with van der Waals surface area (Å²) in [5, 5.41) is 0. The minimum absolute atomic E-state index is 0.147. The summed E-state index contributed by atoms with van der Waals surface area (Å²) >= 11 is 0. The van der Waals surface area contributed by atoms with Crippen molar-refractivity contribution in [1.82, 2.24) is 0 Å². The summed E-state index contributed by atoms with van der Waals surface area (Å²) in [6.45, 7) is 25.9. The van der Waals surface area contributed by atoms with Crippen molar-refractivity contribution in [2.75, 3.05) is 0 Å². The summed E-state index contributed by atoms with van der Waals surface area (Å²) in [5.74, 6) is 10.6. The number of rotatable bonds is 2. The van der Waals surface area contributed by atoms with E-state index in [1.165, 1.54) is 30.2 Å². The highest BCUT2D eigenvalue weighted by atomic mass is 19.4. The van der Waals surface area contributed by atoms with Crippen molar-refractivity contribution >= 4 is 0 Å². The first kappa shape index (κ1) is 42.1. The summed E-state index contributed by atoms with van der Waals surface area (Å²) in [6, 6.07) is 8.74. The molecule has 214 valence electrons. The van der Waals surface area contributed by atoms with Crippen LogP contribution in [-0.2, 0) is 5.41 Å². The molecular weight excluding hydrogens is 484 g/mol. The topological polar surface area (TPSA) is 0 Å². The second-order valence-electron chi connectivity index (χ2n) is 9.70. The minimum Gasteiger partial charge on any atom is -0.212 e. The second-order valence-corrected chi connectivity index (χ2v) is 9.70. The van der Waals surface area contributed by atoms with Crippen LogP contribution in [0.2, 0.25) is 0 Å². The third-order valence-electron chi connectivity index (χ3n) is 4.18. The van der Waals surface area contributed by atoms with Gasteiger partial charge in [0.05, 0.1) is 5.83 Å². The van der Waals surface area contributed by atoms with Crippen LogP contribution < -0.4 is 0 Å². The van der Waals surface area contributed by atoms with Crippen molar-refractivity contribution in [2.45, 2.75) is 109 Å². The van der Waals surface area contributed by atoms with Gasteiger partial charge in [-0.2, -0.15) is 13.2 Å². The van der Waals surface area contributed by atoms with Crippen molar-refractivity contribution in [3.63, 3.8) is 0 Å². The van der Waals surface area contributed by atoms with Gasteiger partial charge in [0, 0.05) is 5.57 Å². The van der Waals surface area contributed by atoms with Crippen molar-refractivity contribution < 1.29 is 17.6 Å². The molecule has 1 aromatic carbocycles. The van der Waals surface area contributed by atoms with Crippen LogP contribution in [0.5, 0.6) is 0 Å². The van der Waals surface area contributed by atoms with Crippen LogP contribution in [0.3, 0.4) is 0 Å². The minimum atomic E-state index is -4.19. The Hall–Kier alpha value is -2.98. The monoisotopic (exact) mass is 534 g/mol. The zero-order chi connectivity index (χ0) is 30.9. The van der Waals surface area contributed by atoms with Gasteiger partial charge in [-0.3, -0.25) is 0 Å². The molecule has 0 N–H and O–H groups in total. The van der Waals surface area contributed by atoms with E-state index in [-0.39, 0.29) is 11.2 Å². The Labute approximate surface area is 232 Å². The molecule has 0 radical (unpaired) electrons. The third-order valence-corrected chi connectivity index (χ3v) is 4.18. The predicted molar refractivity (Wildman–Crippen MR) is 162 cm³/mol. The van der Waals surface area contributed by atoms with E-state index in [1.807, 2.05) is 41.5 Å². The summed E-state index contributed by atoms with van der Waals surface area (Å²) < 4.78 is 47.3. The molecule has 0 spiro atoms. The van der Waals surface area contributed by atoms with Gasteiger partial charge in [-0.05, 0) is 93.2 Å². The van der Waals surface area contributed by atoms with E-state index in [0.29, 0.717) is 0 Å². The molecule has 0 fully saturated rings. The fourth-order valence-corrected chi connectivity index (χ4v) is 1.72. The Morgan fingerprint density at radius 2 is 0.974 bits per heavy atom. The number of aryl methyl sites for hydroxylation is 1. The summed E-state index contributed by atoms with van der Waals surface area (Å²) in [4.78, 5) is 0. The zero-order valence-corrected chi connectivity index (χ0v) is 26.1. The quantitative estimate of drug-likeness (QED) is 0.201. The van der Waals surface area contributed by atoms with Gasteiger partial charge in [-0.25, -0.2) is 4.39 Å². The molecule has 0 saturated heterocycles. The van der Waals surface area contributed by atoms with Gasteiger partial charge < -0.3 is 0 Å². The molecule has 0 aliphatic rings. The first-order valence-corrected chi connectivity index (χ1v) is 12.4. The van der Waals surface area contributed by atoms with Gasteiger partial charge in [0.2, 0.25) is 0 Å². The molecule has 0 aliphatic carbocycles. The smallest absolute Gasteiger partial charge is 0.212 e. The predicted octanol–water partition coefficient (Wildman–Crippen LogP) is 11.6. The van der Waals surface area contributed by atoms with Gasteiger partial charge in [0.1, 0.15) is 0 Å². The molecule has 4 heteroatoms. The number of hydrogen-bond acceptors (Lipinski definition) is 0. The summed E-state index contributed by atoms with van der Waals surface area (Å²) in [5.41, 5.74) is 4.42. The van der Waals surface area contributed by atoms with Crippen LogP contribution in [0.15, 0.2) is 71.1 Å². The van der Waals surface area contributed by atoms with Crippen molar-refractivity contribution in [3.8, 4) is 23.7 Å². The van der Waals surface area contributed by atoms with E-state index in [0.717, 1.165) is 24.1 Å². The van der Waals surface area contributed by atoms with Crippen LogP contribution in [0, 0.1) is 30.6 Å². The molecule has 0 atom stereocenters. The maximum absolute atomic E-state index is 11.9. The first-order valence-electron chi connectivity index (χ1n) is 12.4. The molecule has 0 aliphatic heterocycles. The van der Waals surface area contributed by atoms with Gasteiger partial charge >= 0.3 is 6.18 Å². The van der Waals surface area contributed by atoms with E-state index < -0.39 is 11.7 Å². The molecule has 0 heterocycles. The molecule has 0 unspecified atom stereocenters. The lowest BCUT2D eigenvalue weighted by Gasteiger charge is -2.18. The Morgan fingerprint density at radius 1 is 0.632 bits per heavy atom. The van der Waals surface area contributed by atoms with Crippen molar-refractivity contribution in [3.05, 3.63) is 82.2 Å². The van der Waals surface area contributed by atoms with Crippen LogP contribution in [0.1, 0.15) is 101 Å². The normalized spacial score (nSPS) is 10.3. The second kappa shape index (κ2) is 24.4. The highest BCUT2D eigenvalue weighted by Crippen LogP contribution is 2.24. The molecular formula is C34H50F4. The molecule has 0 saturated carbocycles. The van der Waals surface area contributed by atoms with Gasteiger partial charge in [-0.1, -0.05) is 80.0 Å². The van der Waals surface area contributed by atoms with E-state index in [4.69, 9.17) is 0 Å². The highest BCUT2D eigenvalue weighted by molar-refractivity contribution is 5.26. The Morgan fingerprint density at radius 3 is 1.18 bits per heavy atom. The van der Waals surface area contributed by atoms with Crippen LogP contribution in [0.25, 0.3) is 0 Å². The fourth-order valence-electron chi connectivity index (χ4n) is 1.72. The lowest BCUT2D eigenvalue weighted by Crippen LogP contribution is -2.10. The van der Waals surface area contributed by atoms with Gasteiger partial charge in [0.15, 0.2) is 0 Å². The molecule has 0 nitrogen and oxygen atoms in total. The van der Waals surface area contributed by atoms with Crippen molar-refractivity contribution in [2.24, 2.45) is 0 Å². The lowest BCUT2D eigenvalue weighted by atomic mass is 9.87. The lowest BCUT2D eigenvalue weighted by molar-refractivity contribution is -0.0913. The number of benzene rings is 1. The highest BCUT2D eigenvalue weighted by Gasteiger charge is 2.29. The number of alkyl halides is 3. The first-order chi connectivity index (χ1) is 17.3. The Bertz CT molecular complexity index is 926. The molecule has 38 heavy (non-hydrogen) atoms. The summed E-state index contributed by atoms with van der Waals surface area (Å²) in [6.07, 6.45) is 1.54. The van der Waals surface area contributed by atoms with E-state index in [9.17, 15) is 17.6 Å². The average molecular weight is 535 g/mol. The van der Waals surface area contributed by atoms with Crippen LogP contribution in [-0.4, -0.2) is 6.18 Å². The van der Waals surface area contributed by atoms with Crippen LogP contribution in [0.4, 0.5) is 17.6 Å². The third kappa shape index (κ3) is 35.2. The largest absolute Gasteiger partial charge is 0.412 e. The number of halogens is 4. The van der Waals surface area contributed by atoms with Gasteiger partial charge in [0.25, 0.3) is 0 Å². The standard InChI is InChI=1S/C11H16.C8H11F3.C7H11F.2C4H6/c1-9-5-7-10(8-6-9)11(2,3)4;1-6(2)4-5-7(3)8(9,10)11;1-6(2)4-5-7(3)8;2*1-3-4-2/h5-8H,1-4H3;4-5H,1-3H3;4-5H,1-3H3;2*1-2H3/b;2*7-5+;;. The molecule has 0 amide bonds. The van der Waals surface area contributed by atoms with Crippen molar-refractivity contribution in [1.29, 1.82) is 0 Å². The van der Waals surface area contributed by atoms with E-state index in [2.05, 4.69) is 75.6 Å². The zero-order valence-electron chi connectivity index (χ0n) is 26.1.